The van der Waals surface area contributed by atoms with Crippen molar-refractivity contribution in [1.29, 1.82) is 0 Å². The molecule has 1 saturated carbocycles. The van der Waals surface area contributed by atoms with Crippen molar-refractivity contribution in [3.05, 3.63) is 0 Å². The third kappa shape index (κ3) is 2.23. The van der Waals surface area contributed by atoms with E-state index in [0.29, 0.717) is 19.0 Å². The maximum atomic E-state index is 12.3. The van der Waals surface area contributed by atoms with Gasteiger partial charge in [-0.25, -0.2) is 4.79 Å². The third-order valence-electron chi connectivity index (χ3n) is 4.36. The Kier molecular flexibility index (Phi) is 3.90. The van der Waals surface area contributed by atoms with E-state index >= 15 is 0 Å². The van der Waals surface area contributed by atoms with E-state index in [-0.39, 0.29) is 17.7 Å². The number of carboxylic acids is 1. The van der Waals surface area contributed by atoms with Gasteiger partial charge in [0.25, 0.3) is 0 Å². The fourth-order valence-corrected chi connectivity index (χ4v) is 3.53. The molecular weight excluding hydrogens is 232 g/mol. The van der Waals surface area contributed by atoms with Crippen LogP contribution in [0.2, 0.25) is 0 Å². The first-order chi connectivity index (χ1) is 8.56. The number of carboxylic acid groups (broad SMARTS) is 1. The zero-order valence-corrected chi connectivity index (χ0v) is 11.1. The molecule has 0 spiro atoms. The molecule has 1 amide bonds. The molecule has 4 atom stereocenters. The lowest BCUT2D eigenvalue weighted by Crippen LogP contribution is -2.46. The molecule has 5 nitrogen and oxygen atoms in total. The second kappa shape index (κ2) is 5.26. The molecular formula is C13H22N2O3. The molecule has 4 unspecified atom stereocenters. The van der Waals surface area contributed by atoms with Crippen molar-refractivity contribution < 1.29 is 14.7 Å². The van der Waals surface area contributed by atoms with Crippen LogP contribution in [-0.4, -0.2) is 48.1 Å². The molecule has 0 aromatic rings. The molecule has 5 heteroatoms. The summed E-state index contributed by atoms with van der Waals surface area (Å²) < 4.78 is 0. The van der Waals surface area contributed by atoms with Gasteiger partial charge in [0, 0.05) is 19.0 Å². The number of carbonyl (C=O) groups excluding carboxylic acids is 1. The molecule has 0 radical (unpaired) electrons. The first-order valence-corrected chi connectivity index (χ1v) is 6.74. The fourth-order valence-electron chi connectivity index (χ4n) is 3.53. The van der Waals surface area contributed by atoms with Gasteiger partial charge >= 0.3 is 5.97 Å². The lowest BCUT2D eigenvalue weighted by molar-refractivity contribution is -0.151. The van der Waals surface area contributed by atoms with Gasteiger partial charge < -0.3 is 15.3 Å². The lowest BCUT2D eigenvalue weighted by atomic mass is 9.94. The van der Waals surface area contributed by atoms with Crippen molar-refractivity contribution in [3.8, 4) is 0 Å². The van der Waals surface area contributed by atoms with E-state index in [9.17, 15) is 14.7 Å². The highest BCUT2D eigenvalue weighted by Crippen LogP contribution is 2.42. The summed E-state index contributed by atoms with van der Waals surface area (Å²) in [5.41, 5.74) is 0. The number of hydrogen-bond acceptors (Lipinski definition) is 3. The first-order valence-electron chi connectivity index (χ1n) is 6.74. The van der Waals surface area contributed by atoms with Gasteiger partial charge in [0.05, 0.1) is 0 Å². The standard InChI is InChI=1S/C13H22N2O3/c1-8(6-14-2)12(16)15-7-9-4-3-5-10(9)11(15)13(17)18/h8-11,14H,3-7H2,1-2H3,(H,17,18). The average molecular weight is 254 g/mol. The summed E-state index contributed by atoms with van der Waals surface area (Å²) in [7, 11) is 1.80. The Morgan fingerprint density at radius 2 is 2.17 bits per heavy atom. The van der Waals surface area contributed by atoms with Crippen molar-refractivity contribution in [3.63, 3.8) is 0 Å². The van der Waals surface area contributed by atoms with Gasteiger partial charge in [-0.15, -0.1) is 0 Å². The van der Waals surface area contributed by atoms with Crippen molar-refractivity contribution in [2.24, 2.45) is 17.8 Å². The van der Waals surface area contributed by atoms with Gasteiger partial charge in [-0.2, -0.15) is 0 Å². The van der Waals surface area contributed by atoms with Gasteiger partial charge in [0.15, 0.2) is 0 Å². The Morgan fingerprint density at radius 1 is 1.44 bits per heavy atom. The second-order valence-electron chi connectivity index (χ2n) is 5.59. The summed E-state index contributed by atoms with van der Waals surface area (Å²) in [6.45, 7) is 3.08. The van der Waals surface area contributed by atoms with Crippen LogP contribution in [-0.2, 0) is 9.59 Å². The van der Waals surface area contributed by atoms with Gasteiger partial charge in [-0.3, -0.25) is 4.79 Å². The number of nitrogens with one attached hydrogen (secondary N) is 1. The zero-order chi connectivity index (χ0) is 13.3. The monoisotopic (exact) mass is 254 g/mol. The van der Waals surface area contributed by atoms with Gasteiger partial charge in [-0.1, -0.05) is 13.3 Å². The van der Waals surface area contributed by atoms with Crippen LogP contribution < -0.4 is 5.32 Å². The normalized spacial score (nSPS) is 32.3. The molecule has 1 saturated heterocycles. The summed E-state index contributed by atoms with van der Waals surface area (Å²) in [6, 6.07) is -0.593. The molecule has 2 fully saturated rings. The molecule has 0 aromatic heterocycles. The highest BCUT2D eigenvalue weighted by atomic mass is 16.4. The number of likely N-dealkylation sites (tertiary alicyclic amines) is 1. The molecule has 1 aliphatic heterocycles. The number of fused-ring (bicyclic) bond motifs is 1. The van der Waals surface area contributed by atoms with E-state index in [1.54, 1.807) is 11.9 Å². The van der Waals surface area contributed by atoms with Crippen molar-refractivity contribution in [2.45, 2.75) is 32.2 Å². The number of rotatable bonds is 4. The van der Waals surface area contributed by atoms with Crippen LogP contribution in [0.1, 0.15) is 26.2 Å². The maximum Gasteiger partial charge on any atom is 0.326 e. The Balaban J connectivity index is 2.12. The van der Waals surface area contributed by atoms with Crippen molar-refractivity contribution in [1.82, 2.24) is 10.2 Å². The van der Waals surface area contributed by atoms with Crippen molar-refractivity contribution in [2.75, 3.05) is 20.1 Å². The van der Waals surface area contributed by atoms with Crippen LogP contribution in [0.25, 0.3) is 0 Å². The van der Waals surface area contributed by atoms with Crippen LogP contribution >= 0.6 is 0 Å². The van der Waals surface area contributed by atoms with Gasteiger partial charge in [-0.05, 0) is 31.7 Å². The van der Waals surface area contributed by atoms with Crippen LogP contribution in [0, 0.1) is 17.8 Å². The third-order valence-corrected chi connectivity index (χ3v) is 4.36. The SMILES string of the molecule is CNCC(C)C(=O)N1CC2CCCC2C1C(=O)O. The molecule has 102 valence electrons. The van der Waals surface area contributed by atoms with Gasteiger partial charge in [0.2, 0.25) is 5.91 Å². The lowest BCUT2D eigenvalue weighted by Gasteiger charge is -2.27. The molecule has 1 heterocycles. The van der Waals surface area contributed by atoms with Crippen LogP contribution in [0.5, 0.6) is 0 Å². The number of hydrogen-bond donors (Lipinski definition) is 2. The zero-order valence-electron chi connectivity index (χ0n) is 11.1. The molecule has 0 aromatic carbocycles. The highest BCUT2D eigenvalue weighted by Gasteiger charge is 2.49. The molecule has 18 heavy (non-hydrogen) atoms. The minimum absolute atomic E-state index is 0.0221. The van der Waals surface area contributed by atoms with Crippen molar-refractivity contribution >= 4 is 11.9 Å². The predicted octanol–water partition coefficient (Wildman–Crippen LogP) is 0.554. The fraction of sp³-hybridized carbons (Fsp3) is 0.846. The topological polar surface area (TPSA) is 69.6 Å². The molecule has 2 aliphatic rings. The van der Waals surface area contributed by atoms with E-state index in [1.807, 2.05) is 6.92 Å². The minimum Gasteiger partial charge on any atom is -0.480 e. The number of nitrogens with zero attached hydrogens (tertiary/aromatic N) is 1. The van der Waals surface area contributed by atoms with E-state index in [4.69, 9.17) is 0 Å². The largest absolute Gasteiger partial charge is 0.480 e. The summed E-state index contributed by atoms with van der Waals surface area (Å²) >= 11 is 0. The number of carbonyl (C=O) groups is 2. The number of amides is 1. The maximum absolute atomic E-state index is 12.3. The molecule has 2 N–H and O–H groups in total. The van der Waals surface area contributed by atoms with Crippen LogP contribution in [0.4, 0.5) is 0 Å². The van der Waals surface area contributed by atoms with E-state index in [0.717, 1.165) is 19.3 Å². The molecule has 1 aliphatic carbocycles. The van der Waals surface area contributed by atoms with Crippen LogP contribution in [0.15, 0.2) is 0 Å². The quantitative estimate of drug-likeness (QED) is 0.769. The minimum atomic E-state index is -0.839. The Hall–Kier alpha value is -1.10. The average Bonchev–Trinajstić information content (AvgIpc) is 2.86. The Morgan fingerprint density at radius 3 is 2.78 bits per heavy atom. The Labute approximate surface area is 108 Å². The van der Waals surface area contributed by atoms with E-state index in [1.165, 1.54) is 0 Å². The first kappa shape index (κ1) is 13.3. The molecule has 2 rings (SSSR count). The van der Waals surface area contributed by atoms with Crippen LogP contribution in [0.3, 0.4) is 0 Å². The van der Waals surface area contributed by atoms with Gasteiger partial charge in [0.1, 0.15) is 6.04 Å². The molecule has 0 bridgehead atoms. The Bertz CT molecular complexity index is 345. The summed E-state index contributed by atoms with van der Waals surface area (Å²) in [5.74, 6) is -0.443. The van der Waals surface area contributed by atoms with E-state index in [2.05, 4.69) is 5.32 Å². The summed E-state index contributed by atoms with van der Waals surface area (Å²) in [4.78, 5) is 25.3. The highest BCUT2D eigenvalue weighted by molar-refractivity contribution is 5.86. The predicted molar refractivity (Wildman–Crippen MR) is 67.1 cm³/mol. The second-order valence-corrected chi connectivity index (χ2v) is 5.59. The number of aliphatic carboxylic acids is 1. The van der Waals surface area contributed by atoms with E-state index < -0.39 is 12.0 Å². The smallest absolute Gasteiger partial charge is 0.326 e. The summed E-state index contributed by atoms with van der Waals surface area (Å²) in [5, 5.41) is 12.4. The summed E-state index contributed by atoms with van der Waals surface area (Å²) in [6.07, 6.45) is 3.12.